The van der Waals surface area contributed by atoms with Gasteiger partial charge in [0.2, 0.25) is 0 Å². The lowest BCUT2D eigenvalue weighted by atomic mass is 10.2. The summed E-state index contributed by atoms with van der Waals surface area (Å²) in [6.45, 7) is 6.15. The molecule has 92 valence electrons. The van der Waals surface area contributed by atoms with Gasteiger partial charge in [0.1, 0.15) is 5.01 Å². The standard InChI is InChI=1S/C14H15N3S/c1-3-5-10(6-4-2)14-17-12-7-11(8-15)16-9-13(12)18-14/h3-7,9H,1,8,15H2,2H3/b6-4-,10-5+. The highest BCUT2D eigenvalue weighted by Crippen LogP contribution is 2.27. The summed E-state index contributed by atoms with van der Waals surface area (Å²) in [5.41, 5.74) is 8.45. The Bertz CT molecular complexity index is 623. The van der Waals surface area contributed by atoms with Gasteiger partial charge in [-0.25, -0.2) is 4.98 Å². The Morgan fingerprint density at radius 3 is 3.06 bits per heavy atom. The Hall–Kier alpha value is -1.78. The minimum absolute atomic E-state index is 0.438. The second-order valence-electron chi connectivity index (χ2n) is 3.72. The van der Waals surface area contributed by atoms with Gasteiger partial charge in [-0.3, -0.25) is 4.98 Å². The van der Waals surface area contributed by atoms with Crippen molar-refractivity contribution in [2.45, 2.75) is 13.5 Å². The van der Waals surface area contributed by atoms with Crippen LogP contribution in [0, 0.1) is 0 Å². The Morgan fingerprint density at radius 2 is 2.39 bits per heavy atom. The van der Waals surface area contributed by atoms with Crippen molar-refractivity contribution >= 4 is 27.1 Å². The van der Waals surface area contributed by atoms with Gasteiger partial charge in [0.15, 0.2) is 0 Å². The van der Waals surface area contributed by atoms with Crippen LogP contribution in [0.4, 0.5) is 0 Å². The van der Waals surface area contributed by atoms with Crippen LogP contribution in [-0.4, -0.2) is 9.97 Å². The van der Waals surface area contributed by atoms with Crippen LogP contribution in [0.2, 0.25) is 0 Å². The van der Waals surface area contributed by atoms with Crippen molar-refractivity contribution < 1.29 is 0 Å². The molecule has 0 bridgehead atoms. The summed E-state index contributed by atoms with van der Waals surface area (Å²) < 4.78 is 1.07. The largest absolute Gasteiger partial charge is 0.325 e. The second-order valence-corrected chi connectivity index (χ2v) is 4.75. The molecule has 0 radical (unpaired) electrons. The molecule has 0 spiro atoms. The van der Waals surface area contributed by atoms with Crippen LogP contribution in [-0.2, 0) is 6.54 Å². The van der Waals surface area contributed by atoms with E-state index < -0.39 is 0 Å². The Kier molecular flexibility index (Phi) is 4.02. The lowest BCUT2D eigenvalue weighted by Gasteiger charge is -1.93. The average Bonchev–Trinajstić information content (AvgIpc) is 2.81. The SMILES string of the molecule is C=C/C=C(\C=C/C)c1nc2cc(CN)ncc2s1. The number of hydrogen-bond donors (Lipinski definition) is 1. The van der Waals surface area contributed by atoms with Gasteiger partial charge in [0, 0.05) is 18.3 Å². The van der Waals surface area contributed by atoms with Crippen LogP contribution in [0.25, 0.3) is 15.8 Å². The lowest BCUT2D eigenvalue weighted by molar-refractivity contribution is 0.997. The first-order valence-corrected chi connectivity index (χ1v) is 6.51. The number of hydrogen-bond acceptors (Lipinski definition) is 4. The number of thiazole rings is 1. The van der Waals surface area contributed by atoms with Crippen LogP contribution >= 0.6 is 11.3 Å². The molecule has 0 saturated heterocycles. The minimum atomic E-state index is 0.438. The number of nitrogens with zero attached hydrogens (tertiary/aromatic N) is 2. The zero-order valence-corrected chi connectivity index (χ0v) is 11.1. The maximum atomic E-state index is 5.58. The lowest BCUT2D eigenvalue weighted by Crippen LogP contribution is -1.98. The van der Waals surface area contributed by atoms with E-state index in [4.69, 9.17) is 5.73 Å². The zero-order chi connectivity index (χ0) is 13.0. The van der Waals surface area contributed by atoms with Gasteiger partial charge in [-0.2, -0.15) is 0 Å². The first-order chi connectivity index (χ1) is 8.78. The quantitative estimate of drug-likeness (QED) is 0.855. The van der Waals surface area contributed by atoms with E-state index in [0.717, 1.165) is 26.5 Å². The van der Waals surface area contributed by atoms with Gasteiger partial charge in [-0.15, -0.1) is 11.3 Å². The fraction of sp³-hybridized carbons (Fsp3) is 0.143. The second kappa shape index (κ2) is 5.71. The molecule has 4 heteroatoms. The molecular weight excluding hydrogens is 242 g/mol. The summed E-state index contributed by atoms with van der Waals surface area (Å²) in [5, 5.41) is 0.971. The Labute approximate surface area is 110 Å². The summed E-state index contributed by atoms with van der Waals surface area (Å²) in [6.07, 6.45) is 9.57. The van der Waals surface area contributed by atoms with Gasteiger partial charge < -0.3 is 5.73 Å². The summed E-state index contributed by atoms with van der Waals surface area (Å²) in [6, 6.07) is 1.94. The maximum Gasteiger partial charge on any atom is 0.124 e. The number of rotatable bonds is 4. The summed E-state index contributed by atoms with van der Waals surface area (Å²) in [5.74, 6) is 0. The third kappa shape index (κ3) is 2.55. The molecule has 0 amide bonds. The molecule has 0 aliphatic carbocycles. The number of pyridine rings is 1. The highest BCUT2D eigenvalue weighted by atomic mass is 32.1. The van der Waals surface area contributed by atoms with Gasteiger partial charge in [-0.05, 0) is 13.0 Å². The fourth-order valence-corrected chi connectivity index (χ4v) is 2.54. The van der Waals surface area contributed by atoms with Crippen molar-refractivity contribution in [2.24, 2.45) is 5.73 Å². The summed E-state index contributed by atoms with van der Waals surface area (Å²) >= 11 is 1.62. The van der Waals surface area contributed by atoms with E-state index in [1.54, 1.807) is 17.4 Å². The van der Waals surface area contributed by atoms with Gasteiger partial charge >= 0.3 is 0 Å². The van der Waals surface area contributed by atoms with Crippen molar-refractivity contribution in [3.8, 4) is 0 Å². The first kappa shape index (κ1) is 12.7. The van der Waals surface area contributed by atoms with E-state index in [1.807, 2.05) is 37.4 Å². The predicted octanol–water partition coefficient (Wildman–Crippen LogP) is 3.30. The Balaban J connectivity index is 2.51. The molecule has 2 aromatic heterocycles. The van der Waals surface area contributed by atoms with Gasteiger partial charge in [0.25, 0.3) is 0 Å². The van der Waals surface area contributed by atoms with E-state index in [0.29, 0.717) is 6.54 Å². The predicted molar refractivity (Wildman–Crippen MR) is 78.3 cm³/mol. The van der Waals surface area contributed by atoms with Gasteiger partial charge in [0.05, 0.1) is 15.9 Å². The molecule has 2 heterocycles. The number of allylic oxidation sites excluding steroid dienone is 5. The number of aromatic nitrogens is 2. The minimum Gasteiger partial charge on any atom is -0.325 e. The van der Waals surface area contributed by atoms with Gasteiger partial charge in [-0.1, -0.05) is 30.9 Å². The normalized spacial score (nSPS) is 12.4. The molecule has 0 aromatic carbocycles. The molecular formula is C14H15N3S. The van der Waals surface area contributed by atoms with Crippen molar-refractivity contribution in [1.82, 2.24) is 9.97 Å². The molecule has 0 fully saturated rings. The van der Waals surface area contributed by atoms with E-state index >= 15 is 0 Å². The molecule has 0 saturated carbocycles. The van der Waals surface area contributed by atoms with Crippen molar-refractivity contribution in [1.29, 1.82) is 0 Å². The van der Waals surface area contributed by atoms with E-state index in [2.05, 4.69) is 16.5 Å². The molecule has 3 nitrogen and oxygen atoms in total. The van der Waals surface area contributed by atoms with Crippen LogP contribution in [0.15, 0.2) is 43.1 Å². The third-order valence-corrected chi connectivity index (χ3v) is 3.49. The van der Waals surface area contributed by atoms with Crippen LogP contribution < -0.4 is 5.73 Å². The van der Waals surface area contributed by atoms with Crippen molar-refractivity contribution in [3.05, 3.63) is 53.8 Å². The summed E-state index contributed by atoms with van der Waals surface area (Å²) in [4.78, 5) is 8.89. The van der Waals surface area contributed by atoms with E-state index in [9.17, 15) is 0 Å². The molecule has 18 heavy (non-hydrogen) atoms. The van der Waals surface area contributed by atoms with Crippen LogP contribution in [0.1, 0.15) is 17.6 Å². The highest BCUT2D eigenvalue weighted by Gasteiger charge is 2.07. The third-order valence-electron chi connectivity index (χ3n) is 2.43. The van der Waals surface area contributed by atoms with Crippen LogP contribution in [0.5, 0.6) is 0 Å². The molecule has 0 aliphatic heterocycles. The maximum absolute atomic E-state index is 5.58. The monoisotopic (exact) mass is 257 g/mol. The molecule has 2 aromatic rings. The highest BCUT2D eigenvalue weighted by molar-refractivity contribution is 7.19. The van der Waals surface area contributed by atoms with Crippen molar-refractivity contribution in [2.75, 3.05) is 0 Å². The molecule has 0 aliphatic rings. The van der Waals surface area contributed by atoms with E-state index in [-0.39, 0.29) is 0 Å². The first-order valence-electron chi connectivity index (χ1n) is 5.69. The van der Waals surface area contributed by atoms with Crippen LogP contribution in [0.3, 0.4) is 0 Å². The Morgan fingerprint density at radius 1 is 1.56 bits per heavy atom. The number of fused-ring (bicyclic) bond motifs is 1. The molecule has 2 N–H and O–H groups in total. The summed E-state index contributed by atoms with van der Waals surface area (Å²) in [7, 11) is 0. The average molecular weight is 257 g/mol. The zero-order valence-electron chi connectivity index (χ0n) is 10.3. The van der Waals surface area contributed by atoms with Crippen molar-refractivity contribution in [3.63, 3.8) is 0 Å². The topological polar surface area (TPSA) is 51.8 Å². The molecule has 0 atom stereocenters. The smallest absolute Gasteiger partial charge is 0.124 e. The molecule has 2 rings (SSSR count). The number of nitrogens with two attached hydrogens (primary N) is 1. The fourth-order valence-electron chi connectivity index (χ4n) is 1.62. The van der Waals surface area contributed by atoms with E-state index in [1.165, 1.54) is 0 Å². The molecule has 0 unspecified atom stereocenters.